The molecule has 240 valence electrons. The number of halogens is 6. The van der Waals surface area contributed by atoms with Gasteiger partial charge < -0.3 is 19.7 Å². The zero-order chi connectivity index (χ0) is 32.5. The molecule has 1 atom stereocenters. The molecule has 2 aromatic heterocycles. The first-order valence-corrected chi connectivity index (χ1v) is 15.8. The van der Waals surface area contributed by atoms with Gasteiger partial charge in [0.15, 0.2) is 33.3 Å². The summed E-state index contributed by atoms with van der Waals surface area (Å²) in [5.74, 6) is -4.41. The molecule has 3 aromatic rings. The molecule has 5 rings (SSSR count). The number of amidine groups is 1. The van der Waals surface area contributed by atoms with Gasteiger partial charge in [-0.1, -0.05) is 29.0 Å². The number of piperidine rings is 1. The van der Waals surface area contributed by atoms with Crippen LogP contribution in [0.3, 0.4) is 0 Å². The fraction of sp³-hybridized carbons (Fsp3) is 0.393. The monoisotopic (exact) mass is 689 g/mol. The molecule has 2 aliphatic heterocycles. The lowest BCUT2D eigenvalue weighted by Crippen LogP contribution is -2.41. The molecule has 9 nitrogen and oxygen atoms in total. The predicted molar refractivity (Wildman–Crippen MR) is 158 cm³/mol. The maximum Gasteiger partial charge on any atom is 0.435 e. The molecule has 1 N–H and O–H groups in total. The van der Waals surface area contributed by atoms with E-state index < -0.39 is 51.4 Å². The lowest BCUT2D eigenvalue weighted by Gasteiger charge is -2.36. The topological polar surface area (TPSA) is 106 Å². The number of thiazole rings is 2. The highest BCUT2D eigenvalue weighted by Crippen LogP contribution is 2.43. The number of carbonyl (C=O) groups is 2. The Morgan fingerprint density at radius 1 is 1.11 bits per heavy atom. The van der Waals surface area contributed by atoms with E-state index in [0.717, 1.165) is 6.07 Å². The number of hydrogen-bond donors (Lipinski definition) is 1. The second-order valence-corrected chi connectivity index (χ2v) is 12.1. The first kappa shape index (κ1) is 32.8. The molecular weight excluding hydrogens is 665 g/mol. The summed E-state index contributed by atoms with van der Waals surface area (Å²) in [6, 6.07) is 0.965. The number of anilines is 1. The SMILES string of the molecule is CCOC(=O)C1=C(C2CCN(c3nc(C(F)(F)F)c(C(=O)OCC)s3)CC2)NC(c2nccs2)=NC1c1ccc(F)c(F)c1Cl. The van der Waals surface area contributed by atoms with Gasteiger partial charge in [0.1, 0.15) is 10.9 Å². The van der Waals surface area contributed by atoms with Gasteiger partial charge >= 0.3 is 18.1 Å². The van der Waals surface area contributed by atoms with Gasteiger partial charge in [-0.15, -0.1) is 11.3 Å². The van der Waals surface area contributed by atoms with Crippen molar-refractivity contribution in [3.05, 3.63) is 72.8 Å². The third kappa shape index (κ3) is 6.67. The van der Waals surface area contributed by atoms with Crippen LogP contribution in [-0.2, 0) is 20.4 Å². The fourth-order valence-corrected chi connectivity index (χ4v) is 6.95. The summed E-state index contributed by atoms with van der Waals surface area (Å²) in [7, 11) is 0. The second kappa shape index (κ2) is 13.4. The molecule has 2 aliphatic rings. The Kier molecular flexibility index (Phi) is 9.74. The standard InChI is InChI=1S/C28H25ClF5N5O4S2/c1-3-42-25(40)16-19(36-23(24-35-9-12-44-24)37-20(16)14-5-6-15(30)18(31)17(14)29)13-7-10-39(11-8-13)27-38-22(28(32,33)34)21(45-27)26(41)43-4-2/h5-6,9,12-13,20H,3-4,7-8,10-11H2,1-2H3,(H,36,37). The summed E-state index contributed by atoms with van der Waals surface area (Å²) in [4.78, 5) is 39.4. The maximum absolute atomic E-state index is 14.6. The summed E-state index contributed by atoms with van der Waals surface area (Å²) < 4.78 is 79.9. The number of nitrogens with zero attached hydrogens (tertiary/aromatic N) is 4. The van der Waals surface area contributed by atoms with Gasteiger partial charge in [-0.25, -0.2) is 28.3 Å². The van der Waals surface area contributed by atoms with Crippen molar-refractivity contribution in [2.75, 3.05) is 31.2 Å². The van der Waals surface area contributed by atoms with E-state index in [1.807, 2.05) is 0 Å². The van der Waals surface area contributed by atoms with E-state index in [4.69, 9.17) is 21.1 Å². The highest BCUT2D eigenvalue weighted by molar-refractivity contribution is 7.17. The lowest BCUT2D eigenvalue weighted by molar-refractivity contribution is -0.141. The maximum atomic E-state index is 14.6. The van der Waals surface area contributed by atoms with Crippen LogP contribution in [0.25, 0.3) is 0 Å². The van der Waals surface area contributed by atoms with Crippen LogP contribution in [0.5, 0.6) is 0 Å². The average Bonchev–Trinajstić information content (AvgIpc) is 3.71. The van der Waals surface area contributed by atoms with Crippen molar-refractivity contribution in [2.24, 2.45) is 10.9 Å². The summed E-state index contributed by atoms with van der Waals surface area (Å²) in [5, 5.41) is 4.85. The smallest absolute Gasteiger partial charge is 0.435 e. The third-order valence-electron chi connectivity index (χ3n) is 7.08. The van der Waals surface area contributed by atoms with Crippen LogP contribution >= 0.6 is 34.3 Å². The van der Waals surface area contributed by atoms with Crippen molar-refractivity contribution in [1.29, 1.82) is 0 Å². The van der Waals surface area contributed by atoms with Gasteiger partial charge in [-0.3, -0.25) is 4.99 Å². The molecule has 0 spiro atoms. The number of alkyl halides is 3. The minimum atomic E-state index is -4.86. The second-order valence-electron chi connectivity index (χ2n) is 9.81. The summed E-state index contributed by atoms with van der Waals surface area (Å²) in [5.41, 5.74) is -0.818. The molecule has 0 amide bonds. The van der Waals surface area contributed by atoms with Crippen LogP contribution in [-0.4, -0.2) is 54.0 Å². The molecule has 1 aromatic carbocycles. The number of aliphatic imine (C=N–C) groups is 1. The van der Waals surface area contributed by atoms with Gasteiger partial charge in [-0.2, -0.15) is 13.2 Å². The van der Waals surface area contributed by atoms with E-state index >= 15 is 0 Å². The Hall–Kier alpha value is -3.63. The first-order valence-electron chi connectivity index (χ1n) is 13.7. The lowest BCUT2D eigenvalue weighted by atomic mass is 9.85. The van der Waals surface area contributed by atoms with E-state index in [9.17, 15) is 31.5 Å². The fourth-order valence-electron chi connectivity index (χ4n) is 5.08. The van der Waals surface area contributed by atoms with Crippen LogP contribution in [0.2, 0.25) is 5.02 Å². The number of benzene rings is 1. The molecule has 0 aliphatic carbocycles. The van der Waals surface area contributed by atoms with Crippen molar-refractivity contribution in [3.8, 4) is 0 Å². The van der Waals surface area contributed by atoms with Crippen LogP contribution in [0.1, 0.15) is 58.7 Å². The van der Waals surface area contributed by atoms with Gasteiger partial charge in [0.25, 0.3) is 0 Å². The van der Waals surface area contributed by atoms with E-state index in [-0.39, 0.29) is 54.3 Å². The Labute approximate surface area is 266 Å². The van der Waals surface area contributed by atoms with E-state index in [1.54, 1.807) is 23.4 Å². The molecule has 4 heterocycles. The van der Waals surface area contributed by atoms with Gasteiger partial charge in [0, 0.05) is 41.8 Å². The highest BCUT2D eigenvalue weighted by Gasteiger charge is 2.42. The molecule has 1 saturated heterocycles. The number of aromatic nitrogens is 2. The largest absolute Gasteiger partial charge is 0.463 e. The van der Waals surface area contributed by atoms with Crippen LogP contribution in [0, 0.1) is 17.6 Å². The molecular formula is C28H25ClF5N5O4S2. The normalized spacial score (nSPS) is 17.6. The van der Waals surface area contributed by atoms with Crippen LogP contribution < -0.4 is 10.2 Å². The first-order chi connectivity index (χ1) is 21.4. The third-order valence-corrected chi connectivity index (χ3v) is 9.34. The number of hydrogen-bond acceptors (Lipinski definition) is 11. The molecule has 1 fully saturated rings. The molecule has 0 saturated carbocycles. The zero-order valence-electron chi connectivity index (χ0n) is 23.7. The van der Waals surface area contributed by atoms with E-state index in [1.165, 1.54) is 24.3 Å². The van der Waals surface area contributed by atoms with Crippen LogP contribution in [0.15, 0.2) is 40.0 Å². The Bertz CT molecular complexity index is 1650. The molecule has 45 heavy (non-hydrogen) atoms. The Morgan fingerprint density at radius 3 is 2.42 bits per heavy atom. The van der Waals surface area contributed by atoms with Gasteiger partial charge in [0.2, 0.25) is 0 Å². The number of ether oxygens (including phenoxy) is 2. The quantitative estimate of drug-likeness (QED) is 0.161. The van der Waals surface area contributed by atoms with Crippen molar-refractivity contribution >= 4 is 57.2 Å². The highest BCUT2D eigenvalue weighted by atomic mass is 35.5. The summed E-state index contributed by atoms with van der Waals surface area (Å²) in [6.45, 7) is 3.47. The van der Waals surface area contributed by atoms with Crippen molar-refractivity contribution in [1.82, 2.24) is 15.3 Å². The van der Waals surface area contributed by atoms with E-state index in [2.05, 4.69) is 20.3 Å². The van der Waals surface area contributed by atoms with Gasteiger partial charge in [0.05, 0.1) is 23.8 Å². The number of nitrogens with one attached hydrogen (secondary N) is 1. The zero-order valence-corrected chi connectivity index (χ0v) is 26.1. The van der Waals surface area contributed by atoms with Crippen LogP contribution in [0.4, 0.5) is 27.1 Å². The van der Waals surface area contributed by atoms with Gasteiger partial charge in [-0.05, 0) is 32.8 Å². The average molecular weight is 690 g/mol. The minimum absolute atomic E-state index is 0.0107. The molecule has 1 unspecified atom stereocenters. The summed E-state index contributed by atoms with van der Waals surface area (Å²) >= 11 is 8.10. The minimum Gasteiger partial charge on any atom is -0.463 e. The number of allylic oxidation sites excluding steroid dienone is 1. The number of carbonyl (C=O) groups excluding carboxylic acids is 2. The van der Waals surface area contributed by atoms with Crippen molar-refractivity contribution in [2.45, 2.75) is 38.9 Å². The molecule has 17 heteroatoms. The van der Waals surface area contributed by atoms with E-state index in [0.29, 0.717) is 34.9 Å². The Balaban J connectivity index is 1.51. The number of rotatable bonds is 8. The number of esters is 2. The molecule has 0 radical (unpaired) electrons. The van der Waals surface area contributed by atoms with Crippen molar-refractivity contribution in [3.63, 3.8) is 0 Å². The Morgan fingerprint density at radius 2 is 1.80 bits per heavy atom. The summed E-state index contributed by atoms with van der Waals surface area (Å²) in [6.07, 6.45) is -2.63. The molecule has 0 bridgehead atoms. The van der Waals surface area contributed by atoms with Crippen molar-refractivity contribution < 1.29 is 41.0 Å². The predicted octanol–water partition coefficient (Wildman–Crippen LogP) is 6.55.